The van der Waals surface area contributed by atoms with Crippen LogP contribution in [0.5, 0.6) is 0 Å². The molecule has 4 heteroatoms. The number of hydrogen-bond donors (Lipinski definition) is 1. The van der Waals surface area contributed by atoms with E-state index in [1.165, 1.54) is 0 Å². The molecule has 0 amide bonds. The van der Waals surface area contributed by atoms with Crippen LogP contribution in [0.4, 0.5) is 0 Å². The molecule has 28 heavy (non-hydrogen) atoms. The molecule has 0 bridgehead atoms. The number of carboxylic acid groups (broad SMARTS) is 1. The van der Waals surface area contributed by atoms with Crippen LogP contribution < -0.4 is 0 Å². The standard InChI is InChI=1S/C24H32O4/c1-24(2,3)28-22(25)17-8-6-4-5-7-15-21(23(26)27)20-16-11-13-18-12-9-10-14-19(18)20/h9-14,16,21H,4-8,15,17H2,1-3H3,(H,26,27). The fraction of sp³-hybridized carbons (Fsp3) is 0.500. The Labute approximate surface area is 167 Å². The molecule has 2 aromatic carbocycles. The summed E-state index contributed by atoms with van der Waals surface area (Å²) in [5.41, 5.74) is 0.473. The Hall–Kier alpha value is -2.36. The molecule has 0 spiro atoms. The Morgan fingerprint density at radius 1 is 0.929 bits per heavy atom. The van der Waals surface area contributed by atoms with Gasteiger partial charge in [0.05, 0.1) is 5.92 Å². The molecule has 0 aliphatic heterocycles. The third-order valence-electron chi connectivity index (χ3n) is 4.79. The van der Waals surface area contributed by atoms with Crippen molar-refractivity contribution in [3.05, 3.63) is 48.0 Å². The number of carbonyl (C=O) groups excluding carboxylic acids is 1. The average molecular weight is 385 g/mol. The van der Waals surface area contributed by atoms with Crippen LogP contribution in [0.1, 0.15) is 77.2 Å². The van der Waals surface area contributed by atoms with Gasteiger partial charge < -0.3 is 9.84 Å². The maximum absolute atomic E-state index is 11.8. The molecule has 0 aliphatic rings. The minimum absolute atomic E-state index is 0.144. The van der Waals surface area contributed by atoms with Crippen molar-refractivity contribution in [3.63, 3.8) is 0 Å². The molecule has 0 aromatic heterocycles. The number of unbranched alkanes of at least 4 members (excludes halogenated alkanes) is 4. The highest BCUT2D eigenvalue weighted by atomic mass is 16.6. The number of benzene rings is 2. The zero-order chi connectivity index (χ0) is 20.6. The number of esters is 1. The summed E-state index contributed by atoms with van der Waals surface area (Å²) in [5.74, 6) is -1.39. The van der Waals surface area contributed by atoms with Gasteiger partial charge in [-0.3, -0.25) is 9.59 Å². The van der Waals surface area contributed by atoms with Crippen LogP contribution in [0.25, 0.3) is 10.8 Å². The zero-order valence-corrected chi connectivity index (χ0v) is 17.2. The molecule has 1 unspecified atom stereocenters. The lowest BCUT2D eigenvalue weighted by atomic mass is 9.89. The van der Waals surface area contributed by atoms with E-state index in [1.807, 2.05) is 63.2 Å². The summed E-state index contributed by atoms with van der Waals surface area (Å²) in [7, 11) is 0. The number of ether oxygens (including phenoxy) is 1. The van der Waals surface area contributed by atoms with Gasteiger partial charge >= 0.3 is 11.9 Å². The topological polar surface area (TPSA) is 63.6 Å². The van der Waals surface area contributed by atoms with Crippen LogP contribution in [0.3, 0.4) is 0 Å². The number of aliphatic carboxylic acids is 1. The Kier molecular flexibility index (Phi) is 8.04. The van der Waals surface area contributed by atoms with E-state index in [0.29, 0.717) is 12.8 Å². The van der Waals surface area contributed by atoms with Crippen LogP contribution >= 0.6 is 0 Å². The number of fused-ring (bicyclic) bond motifs is 1. The van der Waals surface area contributed by atoms with E-state index < -0.39 is 17.5 Å². The molecule has 0 saturated heterocycles. The van der Waals surface area contributed by atoms with Crippen molar-refractivity contribution >= 4 is 22.7 Å². The lowest BCUT2D eigenvalue weighted by molar-refractivity contribution is -0.155. The van der Waals surface area contributed by atoms with Crippen LogP contribution in [0.15, 0.2) is 42.5 Å². The molecule has 0 radical (unpaired) electrons. The predicted octanol–water partition coefficient (Wildman–Crippen LogP) is 6.08. The smallest absolute Gasteiger partial charge is 0.310 e. The van der Waals surface area contributed by atoms with E-state index in [9.17, 15) is 14.7 Å². The van der Waals surface area contributed by atoms with Gasteiger partial charge in [-0.1, -0.05) is 68.1 Å². The second kappa shape index (κ2) is 10.3. The number of carbonyl (C=O) groups is 2. The molecule has 2 aromatic rings. The second-order valence-electron chi connectivity index (χ2n) is 8.35. The van der Waals surface area contributed by atoms with Gasteiger partial charge in [0.1, 0.15) is 5.60 Å². The monoisotopic (exact) mass is 384 g/mol. The first-order valence-corrected chi connectivity index (χ1v) is 10.2. The van der Waals surface area contributed by atoms with E-state index in [2.05, 4.69) is 0 Å². The Balaban J connectivity index is 1.77. The van der Waals surface area contributed by atoms with Gasteiger partial charge in [0.2, 0.25) is 0 Å². The van der Waals surface area contributed by atoms with Crippen molar-refractivity contribution in [2.24, 2.45) is 0 Å². The number of carboxylic acids is 1. The molecule has 4 nitrogen and oxygen atoms in total. The Morgan fingerprint density at radius 3 is 2.29 bits per heavy atom. The van der Waals surface area contributed by atoms with Crippen LogP contribution in [0.2, 0.25) is 0 Å². The molecule has 0 fully saturated rings. The lowest BCUT2D eigenvalue weighted by Gasteiger charge is -2.19. The summed E-state index contributed by atoms with van der Waals surface area (Å²) in [6, 6.07) is 13.8. The van der Waals surface area contributed by atoms with E-state index >= 15 is 0 Å². The third kappa shape index (κ3) is 6.99. The van der Waals surface area contributed by atoms with Gasteiger partial charge in [0, 0.05) is 6.42 Å². The van der Waals surface area contributed by atoms with Crippen molar-refractivity contribution < 1.29 is 19.4 Å². The molecule has 1 N–H and O–H groups in total. The summed E-state index contributed by atoms with van der Waals surface area (Å²) >= 11 is 0. The molecular formula is C24H32O4. The van der Waals surface area contributed by atoms with Crippen molar-refractivity contribution in [1.29, 1.82) is 0 Å². The minimum atomic E-state index is -0.763. The lowest BCUT2D eigenvalue weighted by Crippen LogP contribution is -2.23. The number of hydrogen-bond acceptors (Lipinski definition) is 3. The maximum Gasteiger partial charge on any atom is 0.310 e. The van der Waals surface area contributed by atoms with Crippen LogP contribution in [0, 0.1) is 0 Å². The maximum atomic E-state index is 11.8. The van der Waals surface area contributed by atoms with Crippen molar-refractivity contribution in [2.45, 2.75) is 77.2 Å². The Bertz CT molecular complexity index is 783. The SMILES string of the molecule is CC(C)(C)OC(=O)CCCCCCCC(C(=O)O)c1cccc2ccccc12. The van der Waals surface area contributed by atoms with Gasteiger partial charge in [-0.05, 0) is 49.9 Å². The van der Waals surface area contributed by atoms with E-state index in [0.717, 1.165) is 48.4 Å². The first kappa shape index (κ1) is 21.9. The molecular weight excluding hydrogens is 352 g/mol. The molecule has 0 heterocycles. The first-order chi connectivity index (χ1) is 13.3. The summed E-state index contributed by atoms with van der Waals surface area (Å²) in [6.07, 6.45) is 5.71. The summed E-state index contributed by atoms with van der Waals surface area (Å²) in [4.78, 5) is 23.5. The van der Waals surface area contributed by atoms with Crippen molar-refractivity contribution in [1.82, 2.24) is 0 Å². The highest BCUT2D eigenvalue weighted by Gasteiger charge is 2.21. The largest absolute Gasteiger partial charge is 0.481 e. The van der Waals surface area contributed by atoms with Gasteiger partial charge in [-0.15, -0.1) is 0 Å². The zero-order valence-electron chi connectivity index (χ0n) is 17.2. The fourth-order valence-electron chi connectivity index (χ4n) is 3.51. The highest BCUT2D eigenvalue weighted by Crippen LogP contribution is 2.30. The van der Waals surface area contributed by atoms with E-state index in [1.54, 1.807) is 0 Å². The average Bonchev–Trinajstić information content (AvgIpc) is 2.62. The highest BCUT2D eigenvalue weighted by molar-refractivity contribution is 5.90. The van der Waals surface area contributed by atoms with Gasteiger partial charge in [-0.25, -0.2) is 0 Å². The molecule has 0 saturated carbocycles. The van der Waals surface area contributed by atoms with Crippen molar-refractivity contribution in [3.8, 4) is 0 Å². The second-order valence-corrected chi connectivity index (χ2v) is 8.35. The summed E-state index contributed by atoms with van der Waals surface area (Å²) in [5, 5.41) is 11.8. The van der Waals surface area contributed by atoms with Gasteiger partial charge in [0.15, 0.2) is 0 Å². The van der Waals surface area contributed by atoms with Crippen molar-refractivity contribution in [2.75, 3.05) is 0 Å². The first-order valence-electron chi connectivity index (χ1n) is 10.2. The summed E-state index contributed by atoms with van der Waals surface area (Å²) < 4.78 is 5.30. The van der Waals surface area contributed by atoms with Crippen LogP contribution in [-0.4, -0.2) is 22.6 Å². The van der Waals surface area contributed by atoms with Gasteiger partial charge in [0.25, 0.3) is 0 Å². The van der Waals surface area contributed by atoms with Crippen LogP contribution in [-0.2, 0) is 14.3 Å². The van der Waals surface area contributed by atoms with E-state index in [-0.39, 0.29) is 5.97 Å². The third-order valence-corrected chi connectivity index (χ3v) is 4.79. The Morgan fingerprint density at radius 2 is 1.57 bits per heavy atom. The molecule has 0 aliphatic carbocycles. The molecule has 2 rings (SSSR count). The van der Waals surface area contributed by atoms with Gasteiger partial charge in [-0.2, -0.15) is 0 Å². The quantitative estimate of drug-likeness (QED) is 0.398. The molecule has 1 atom stereocenters. The molecule has 152 valence electrons. The predicted molar refractivity (Wildman–Crippen MR) is 112 cm³/mol. The van der Waals surface area contributed by atoms with E-state index in [4.69, 9.17) is 4.74 Å². The number of rotatable bonds is 10. The summed E-state index contributed by atoms with van der Waals surface area (Å²) in [6.45, 7) is 5.62. The normalized spacial score (nSPS) is 12.7. The minimum Gasteiger partial charge on any atom is -0.481 e. The fourth-order valence-corrected chi connectivity index (χ4v) is 3.51.